The number of hydrogen-bond acceptors (Lipinski definition) is 3. The number of hydrogen-bond donors (Lipinski definition) is 1. The average Bonchev–Trinajstić information content (AvgIpc) is 2.43. The molecule has 1 amide bonds. The third kappa shape index (κ3) is 5.75. The number of likely N-dealkylation sites (N-methyl/N-ethyl adjacent to an activating group) is 1. The highest BCUT2D eigenvalue weighted by molar-refractivity contribution is 5.77. The van der Waals surface area contributed by atoms with Gasteiger partial charge < -0.3 is 15.0 Å². The summed E-state index contributed by atoms with van der Waals surface area (Å²) in [6, 6.07) is 8.09. The molecule has 0 aliphatic heterocycles. The molecule has 1 aromatic carbocycles. The van der Waals surface area contributed by atoms with Crippen molar-refractivity contribution in [2.24, 2.45) is 0 Å². The normalized spacial score (nSPS) is 12.0. The summed E-state index contributed by atoms with van der Waals surface area (Å²) in [5.41, 5.74) is 1.21. The van der Waals surface area contributed by atoms with Crippen molar-refractivity contribution in [3.8, 4) is 5.75 Å². The topological polar surface area (TPSA) is 41.6 Å². The van der Waals surface area contributed by atoms with Crippen molar-refractivity contribution < 1.29 is 9.53 Å². The van der Waals surface area contributed by atoms with Gasteiger partial charge in [-0.25, -0.2) is 0 Å². The molecular weight excluding hydrogens is 240 g/mol. The van der Waals surface area contributed by atoms with E-state index in [9.17, 15) is 4.79 Å². The molecule has 0 aliphatic carbocycles. The Morgan fingerprint density at radius 1 is 1.37 bits per heavy atom. The van der Waals surface area contributed by atoms with Crippen LogP contribution in [0, 0.1) is 6.92 Å². The van der Waals surface area contributed by atoms with Gasteiger partial charge in [0.25, 0.3) is 0 Å². The number of nitrogens with zero attached hydrogens (tertiary/aromatic N) is 1. The monoisotopic (exact) mass is 264 g/mol. The molecule has 0 saturated carbocycles. The minimum atomic E-state index is 0.102. The zero-order chi connectivity index (χ0) is 14.3. The second-order valence-corrected chi connectivity index (χ2v) is 4.81. The lowest BCUT2D eigenvalue weighted by Crippen LogP contribution is -2.41. The van der Waals surface area contributed by atoms with Crippen LogP contribution in [-0.2, 0) is 4.79 Å². The van der Waals surface area contributed by atoms with Crippen molar-refractivity contribution in [3.63, 3.8) is 0 Å². The summed E-state index contributed by atoms with van der Waals surface area (Å²) in [4.78, 5) is 13.3. The summed E-state index contributed by atoms with van der Waals surface area (Å²) >= 11 is 0. The smallest absolute Gasteiger partial charge is 0.236 e. The lowest BCUT2D eigenvalue weighted by Gasteiger charge is -2.18. The van der Waals surface area contributed by atoms with E-state index in [2.05, 4.69) is 5.32 Å². The van der Waals surface area contributed by atoms with Gasteiger partial charge in [-0.15, -0.1) is 0 Å². The minimum Gasteiger partial charge on any atom is -0.492 e. The van der Waals surface area contributed by atoms with E-state index in [0.29, 0.717) is 13.2 Å². The molecule has 0 aliphatic rings. The van der Waals surface area contributed by atoms with Gasteiger partial charge in [-0.05, 0) is 32.9 Å². The van der Waals surface area contributed by atoms with Crippen molar-refractivity contribution >= 4 is 5.91 Å². The summed E-state index contributed by atoms with van der Waals surface area (Å²) in [6.07, 6.45) is 0. The van der Waals surface area contributed by atoms with Crippen LogP contribution in [0.25, 0.3) is 0 Å². The fraction of sp³-hybridized carbons (Fsp3) is 0.533. The average molecular weight is 264 g/mol. The van der Waals surface area contributed by atoms with Crippen molar-refractivity contribution in [2.45, 2.75) is 26.8 Å². The largest absolute Gasteiger partial charge is 0.492 e. The minimum absolute atomic E-state index is 0.102. The van der Waals surface area contributed by atoms with Crippen LogP contribution in [0.1, 0.15) is 19.4 Å². The fourth-order valence-electron chi connectivity index (χ4n) is 1.49. The molecule has 0 bridgehead atoms. The van der Waals surface area contributed by atoms with Crippen LogP contribution in [0.3, 0.4) is 0 Å². The molecule has 1 N–H and O–H groups in total. The van der Waals surface area contributed by atoms with Crippen LogP contribution >= 0.6 is 0 Å². The molecule has 1 aromatic rings. The second-order valence-electron chi connectivity index (χ2n) is 4.81. The first-order chi connectivity index (χ1) is 9.02. The number of benzene rings is 1. The molecule has 19 heavy (non-hydrogen) atoms. The highest BCUT2D eigenvalue weighted by Gasteiger charge is 2.09. The van der Waals surface area contributed by atoms with E-state index in [1.54, 1.807) is 11.9 Å². The van der Waals surface area contributed by atoms with Gasteiger partial charge in [0.15, 0.2) is 0 Å². The number of carbonyl (C=O) groups is 1. The Hall–Kier alpha value is -1.55. The molecule has 0 heterocycles. The molecule has 0 aromatic heterocycles. The summed E-state index contributed by atoms with van der Waals surface area (Å²) in [5, 5.41) is 3.16. The molecule has 0 spiro atoms. The van der Waals surface area contributed by atoms with Crippen molar-refractivity contribution in [3.05, 3.63) is 29.8 Å². The maximum absolute atomic E-state index is 11.6. The third-order valence-electron chi connectivity index (χ3n) is 3.02. The summed E-state index contributed by atoms with van der Waals surface area (Å²) in [6.45, 7) is 7.64. The Bertz CT molecular complexity index is 390. The molecule has 1 atom stereocenters. The zero-order valence-corrected chi connectivity index (χ0v) is 12.3. The Kier molecular flexibility index (Phi) is 6.36. The van der Waals surface area contributed by atoms with E-state index in [1.165, 1.54) is 5.56 Å². The highest BCUT2D eigenvalue weighted by atomic mass is 16.5. The first-order valence-corrected chi connectivity index (χ1v) is 6.69. The van der Waals surface area contributed by atoms with Gasteiger partial charge in [-0.2, -0.15) is 0 Å². The Labute approximate surface area is 115 Å². The fourth-order valence-corrected chi connectivity index (χ4v) is 1.49. The molecule has 4 nitrogen and oxygen atoms in total. The quantitative estimate of drug-likeness (QED) is 0.817. The van der Waals surface area contributed by atoms with E-state index >= 15 is 0 Å². The van der Waals surface area contributed by atoms with Crippen LogP contribution in [0.2, 0.25) is 0 Å². The molecule has 106 valence electrons. The van der Waals surface area contributed by atoms with Crippen LogP contribution in [0.5, 0.6) is 5.75 Å². The van der Waals surface area contributed by atoms with Crippen LogP contribution in [0.4, 0.5) is 0 Å². The maximum Gasteiger partial charge on any atom is 0.236 e. The first kappa shape index (κ1) is 15.5. The number of nitrogens with one attached hydrogen (secondary N) is 1. The number of ether oxygens (including phenoxy) is 1. The molecular formula is C15H24N2O2. The SMILES string of the molecule is CCN(C)C(=O)CNC(C)COc1ccc(C)cc1. The van der Waals surface area contributed by atoms with Gasteiger partial charge in [-0.3, -0.25) is 4.79 Å². The van der Waals surface area contributed by atoms with Gasteiger partial charge in [0.1, 0.15) is 12.4 Å². The molecule has 0 fully saturated rings. The summed E-state index contributed by atoms with van der Waals surface area (Å²) < 4.78 is 5.65. The second kappa shape index (κ2) is 7.79. The van der Waals surface area contributed by atoms with E-state index in [-0.39, 0.29) is 11.9 Å². The lowest BCUT2D eigenvalue weighted by atomic mass is 10.2. The van der Waals surface area contributed by atoms with Crippen molar-refractivity contribution in [1.29, 1.82) is 0 Å². The highest BCUT2D eigenvalue weighted by Crippen LogP contribution is 2.11. The summed E-state index contributed by atoms with van der Waals surface area (Å²) in [5.74, 6) is 0.959. The zero-order valence-electron chi connectivity index (χ0n) is 12.3. The Morgan fingerprint density at radius 3 is 2.58 bits per heavy atom. The van der Waals surface area contributed by atoms with Crippen LogP contribution in [-0.4, -0.2) is 43.6 Å². The number of aryl methyl sites for hydroxylation is 1. The van der Waals surface area contributed by atoms with E-state index in [0.717, 1.165) is 12.3 Å². The predicted octanol–water partition coefficient (Wildman–Crippen LogP) is 1.83. The van der Waals surface area contributed by atoms with Crippen LogP contribution < -0.4 is 10.1 Å². The molecule has 0 radical (unpaired) electrons. The van der Waals surface area contributed by atoms with Gasteiger partial charge in [0.05, 0.1) is 6.54 Å². The standard InChI is InChI=1S/C15H24N2O2/c1-5-17(4)15(18)10-16-13(3)11-19-14-8-6-12(2)7-9-14/h6-9,13,16H,5,10-11H2,1-4H3. The van der Waals surface area contributed by atoms with Gasteiger partial charge in [-0.1, -0.05) is 17.7 Å². The number of amides is 1. The predicted molar refractivity (Wildman–Crippen MR) is 77.4 cm³/mol. The molecule has 1 rings (SSSR count). The van der Waals surface area contributed by atoms with E-state index in [4.69, 9.17) is 4.74 Å². The van der Waals surface area contributed by atoms with Crippen LogP contribution in [0.15, 0.2) is 24.3 Å². The Balaban J connectivity index is 2.26. The molecule has 0 saturated heterocycles. The maximum atomic E-state index is 11.6. The lowest BCUT2D eigenvalue weighted by molar-refractivity contribution is -0.128. The van der Waals surface area contributed by atoms with Crippen molar-refractivity contribution in [1.82, 2.24) is 10.2 Å². The summed E-state index contributed by atoms with van der Waals surface area (Å²) in [7, 11) is 1.80. The van der Waals surface area contributed by atoms with E-state index in [1.807, 2.05) is 45.0 Å². The van der Waals surface area contributed by atoms with E-state index < -0.39 is 0 Å². The van der Waals surface area contributed by atoms with Gasteiger partial charge >= 0.3 is 0 Å². The molecule has 1 unspecified atom stereocenters. The Morgan fingerprint density at radius 2 is 2.00 bits per heavy atom. The number of carbonyl (C=O) groups excluding carboxylic acids is 1. The molecule has 4 heteroatoms. The van der Waals surface area contributed by atoms with Crippen molar-refractivity contribution in [2.75, 3.05) is 26.7 Å². The third-order valence-corrected chi connectivity index (χ3v) is 3.02. The number of rotatable bonds is 7. The van der Waals surface area contributed by atoms with Gasteiger partial charge in [0, 0.05) is 19.6 Å². The first-order valence-electron chi connectivity index (χ1n) is 6.69. The van der Waals surface area contributed by atoms with Gasteiger partial charge in [0.2, 0.25) is 5.91 Å².